The van der Waals surface area contributed by atoms with Crippen LogP contribution in [0.4, 0.5) is 11.5 Å². The number of anilines is 2. The van der Waals surface area contributed by atoms with E-state index in [4.69, 9.17) is 4.98 Å². The van der Waals surface area contributed by atoms with Gasteiger partial charge in [-0.2, -0.15) is 0 Å². The predicted molar refractivity (Wildman–Crippen MR) is 113 cm³/mol. The van der Waals surface area contributed by atoms with E-state index in [-0.39, 0.29) is 0 Å². The van der Waals surface area contributed by atoms with Crippen molar-refractivity contribution in [2.75, 3.05) is 36.0 Å². The highest BCUT2D eigenvalue weighted by atomic mass is 15.3. The van der Waals surface area contributed by atoms with Gasteiger partial charge in [-0.15, -0.1) is 10.2 Å². The Morgan fingerprint density at radius 3 is 2.36 bits per heavy atom. The van der Waals surface area contributed by atoms with Crippen molar-refractivity contribution >= 4 is 28.2 Å². The van der Waals surface area contributed by atoms with Gasteiger partial charge in [-0.1, -0.05) is 18.2 Å². The Morgan fingerprint density at radius 1 is 0.821 bits per heavy atom. The van der Waals surface area contributed by atoms with Gasteiger partial charge in [-0.25, -0.2) is 4.98 Å². The summed E-state index contributed by atoms with van der Waals surface area (Å²) in [7, 11) is 0. The number of hydrogen-bond donors (Lipinski definition) is 0. The van der Waals surface area contributed by atoms with E-state index in [1.165, 1.54) is 22.4 Å². The zero-order valence-corrected chi connectivity index (χ0v) is 16.6. The standard InChI is InChI=1S/C22H24N6/c1-15-4-6-17(3)19(12-15)26-8-10-27(11-9-26)21-22-25-23-14-28(22)20-13-16(2)5-7-18(20)24-21/h4-7,12-14H,8-11H2,1-3H3. The molecule has 5 rings (SSSR count). The largest absolute Gasteiger partial charge is 0.368 e. The normalized spacial score (nSPS) is 15.0. The average Bonchev–Trinajstić information content (AvgIpc) is 3.20. The number of benzene rings is 2. The second-order valence-electron chi connectivity index (χ2n) is 7.72. The van der Waals surface area contributed by atoms with Gasteiger partial charge in [0.05, 0.1) is 11.0 Å². The van der Waals surface area contributed by atoms with Crippen molar-refractivity contribution in [3.8, 4) is 0 Å². The Balaban J connectivity index is 1.48. The van der Waals surface area contributed by atoms with Gasteiger partial charge >= 0.3 is 0 Å². The molecule has 1 fully saturated rings. The Morgan fingerprint density at radius 2 is 1.54 bits per heavy atom. The quantitative estimate of drug-likeness (QED) is 0.539. The third kappa shape index (κ3) is 2.76. The molecule has 0 spiro atoms. The lowest BCUT2D eigenvalue weighted by Gasteiger charge is -2.37. The van der Waals surface area contributed by atoms with Crippen LogP contribution >= 0.6 is 0 Å². The van der Waals surface area contributed by atoms with Gasteiger partial charge in [0.2, 0.25) is 5.65 Å². The molecule has 4 aromatic rings. The minimum atomic E-state index is 0.832. The van der Waals surface area contributed by atoms with E-state index in [0.717, 1.165) is 48.7 Å². The van der Waals surface area contributed by atoms with Crippen molar-refractivity contribution in [1.29, 1.82) is 0 Å². The van der Waals surface area contributed by atoms with Gasteiger partial charge in [0, 0.05) is 31.9 Å². The summed E-state index contributed by atoms with van der Waals surface area (Å²) in [6, 6.07) is 13.0. The van der Waals surface area contributed by atoms with Crippen LogP contribution in [0.15, 0.2) is 42.7 Å². The zero-order valence-electron chi connectivity index (χ0n) is 16.6. The van der Waals surface area contributed by atoms with E-state index in [0.29, 0.717) is 0 Å². The maximum atomic E-state index is 4.95. The first kappa shape index (κ1) is 17.0. The monoisotopic (exact) mass is 372 g/mol. The third-order valence-electron chi connectivity index (χ3n) is 5.65. The van der Waals surface area contributed by atoms with Crippen molar-refractivity contribution in [1.82, 2.24) is 19.6 Å². The highest BCUT2D eigenvalue weighted by Gasteiger charge is 2.23. The van der Waals surface area contributed by atoms with E-state index < -0.39 is 0 Å². The van der Waals surface area contributed by atoms with E-state index in [2.05, 4.69) is 81.6 Å². The van der Waals surface area contributed by atoms with Crippen molar-refractivity contribution < 1.29 is 0 Å². The summed E-state index contributed by atoms with van der Waals surface area (Å²) in [5.74, 6) is 0.925. The van der Waals surface area contributed by atoms with Crippen LogP contribution in [0.1, 0.15) is 16.7 Å². The minimum Gasteiger partial charge on any atom is -0.368 e. The number of aryl methyl sites for hydroxylation is 3. The van der Waals surface area contributed by atoms with Gasteiger partial charge in [0.25, 0.3) is 0 Å². The number of hydrogen-bond acceptors (Lipinski definition) is 5. The fourth-order valence-corrected chi connectivity index (χ4v) is 4.08. The highest BCUT2D eigenvalue weighted by Crippen LogP contribution is 2.27. The van der Waals surface area contributed by atoms with Gasteiger partial charge in [0.1, 0.15) is 6.33 Å². The summed E-state index contributed by atoms with van der Waals surface area (Å²) in [5.41, 5.74) is 8.05. The molecule has 2 aromatic carbocycles. The molecule has 28 heavy (non-hydrogen) atoms. The summed E-state index contributed by atoms with van der Waals surface area (Å²) < 4.78 is 2.06. The zero-order chi connectivity index (χ0) is 19.3. The molecule has 0 amide bonds. The second kappa shape index (κ2) is 6.48. The van der Waals surface area contributed by atoms with Gasteiger partial charge in [0.15, 0.2) is 5.82 Å². The van der Waals surface area contributed by atoms with Crippen LogP contribution in [0, 0.1) is 20.8 Å². The average molecular weight is 372 g/mol. The van der Waals surface area contributed by atoms with Crippen molar-refractivity contribution in [2.45, 2.75) is 20.8 Å². The molecule has 0 radical (unpaired) electrons. The summed E-state index contributed by atoms with van der Waals surface area (Å²) in [6.07, 6.45) is 1.79. The molecule has 142 valence electrons. The number of nitrogens with zero attached hydrogens (tertiary/aromatic N) is 6. The Bertz CT molecular complexity index is 1170. The third-order valence-corrected chi connectivity index (χ3v) is 5.65. The molecule has 0 aliphatic carbocycles. The topological polar surface area (TPSA) is 49.6 Å². The van der Waals surface area contributed by atoms with Gasteiger partial charge in [-0.05, 0) is 55.7 Å². The van der Waals surface area contributed by atoms with E-state index in [1.54, 1.807) is 6.33 Å². The molecule has 0 unspecified atom stereocenters. The molecule has 0 atom stereocenters. The summed E-state index contributed by atoms with van der Waals surface area (Å²) in [5, 5.41) is 8.53. The molecular weight excluding hydrogens is 348 g/mol. The van der Waals surface area contributed by atoms with Crippen molar-refractivity contribution in [3.63, 3.8) is 0 Å². The van der Waals surface area contributed by atoms with Crippen molar-refractivity contribution in [2.24, 2.45) is 0 Å². The van der Waals surface area contributed by atoms with Crippen molar-refractivity contribution in [3.05, 3.63) is 59.4 Å². The smallest absolute Gasteiger partial charge is 0.204 e. The molecule has 0 saturated carbocycles. The van der Waals surface area contributed by atoms with Crippen LogP contribution in [0.3, 0.4) is 0 Å². The maximum absolute atomic E-state index is 4.95. The molecule has 1 aliphatic rings. The SMILES string of the molecule is Cc1ccc(C)c(N2CCN(c3nc4ccc(C)cc4n4cnnc34)CC2)c1. The second-order valence-corrected chi connectivity index (χ2v) is 7.72. The first-order chi connectivity index (χ1) is 13.6. The molecule has 1 saturated heterocycles. The predicted octanol–water partition coefficient (Wildman–Crippen LogP) is 3.53. The molecule has 3 heterocycles. The molecular formula is C22H24N6. The molecule has 0 bridgehead atoms. The fourth-order valence-electron chi connectivity index (χ4n) is 4.08. The Labute approximate surface area is 164 Å². The summed E-state index contributed by atoms with van der Waals surface area (Å²) in [6.45, 7) is 10.2. The molecule has 1 aliphatic heterocycles. The molecule has 6 nitrogen and oxygen atoms in total. The number of piperazine rings is 1. The lowest BCUT2D eigenvalue weighted by molar-refractivity contribution is 0.647. The van der Waals surface area contributed by atoms with Crippen LogP contribution in [0.5, 0.6) is 0 Å². The van der Waals surface area contributed by atoms with Gasteiger partial charge in [-0.3, -0.25) is 4.40 Å². The van der Waals surface area contributed by atoms with Crippen LogP contribution in [-0.2, 0) is 0 Å². The molecule has 2 aromatic heterocycles. The van der Waals surface area contributed by atoms with E-state index >= 15 is 0 Å². The van der Waals surface area contributed by atoms with Crippen LogP contribution in [-0.4, -0.2) is 45.8 Å². The van der Waals surface area contributed by atoms with Crippen LogP contribution < -0.4 is 9.80 Å². The summed E-state index contributed by atoms with van der Waals surface area (Å²) in [4.78, 5) is 9.77. The lowest BCUT2D eigenvalue weighted by atomic mass is 10.1. The fraction of sp³-hybridized carbons (Fsp3) is 0.318. The highest BCUT2D eigenvalue weighted by molar-refractivity contribution is 5.83. The molecule has 6 heteroatoms. The maximum Gasteiger partial charge on any atom is 0.204 e. The first-order valence-corrected chi connectivity index (χ1v) is 9.77. The van der Waals surface area contributed by atoms with E-state index in [1.807, 2.05) is 0 Å². The van der Waals surface area contributed by atoms with Crippen LogP contribution in [0.25, 0.3) is 16.7 Å². The number of aromatic nitrogens is 4. The van der Waals surface area contributed by atoms with E-state index in [9.17, 15) is 0 Å². The number of rotatable bonds is 2. The Kier molecular flexibility index (Phi) is 3.93. The lowest BCUT2D eigenvalue weighted by Crippen LogP contribution is -2.47. The first-order valence-electron chi connectivity index (χ1n) is 9.77. The van der Waals surface area contributed by atoms with Crippen LogP contribution in [0.2, 0.25) is 0 Å². The summed E-state index contributed by atoms with van der Waals surface area (Å²) >= 11 is 0. The van der Waals surface area contributed by atoms with Gasteiger partial charge < -0.3 is 9.80 Å². The minimum absolute atomic E-state index is 0.832. The molecule has 0 N–H and O–H groups in total. The number of fused-ring (bicyclic) bond motifs is 3. The Hall–Kier alpha value is -3.15.